The Kier molecular flexibility index (Phi) is 7.85. The summed E-state index contributed by atoms with van der Waals surface area (Å²) in [4.78, 5) is 18.0. The summed E-state index contributed by atoms with van der Waals surface area (Å²) in [7, 11) is 1.40. The molecule has 11 heteroatoms. The van der Waals surface area contributed by atoms with Crippen LogP contribution in [0.1, 0.15) is 52.0 Å². The predicted molar refractivity (Wildman–Crippen MR) is 137 cm³/mol. The predicted octanol–water partition coefficient (Wildman–Crippen LogP) is 5.95. The fraction of sp³-hybridized carbons (Fsp3) is 0.364. The Balaban J connectivity index is 1.47. The van der Waals surface area contributed by atoms with E-state index in [-0.39, 0.29) is 5.97 Å². The molecule has 33 heavy (non-hydrogen) atoms. The van der Waals surface area contributed by atoms with Crippen molar-refractivity contribution in [2.24, 2.45) is 0 Å². The van der Waals surface area contributed by atoms with Crippen molar-refractivity contribution in [3.63, 3.8) is 0 Å². The highest BCUT2D eigenvalue weighted by atomic mass is 35.5. The van der Waals surface area contributed by atoms with Crippen molar-refractivity contribution in [2.45, 2.75) is 45.1 Å². The molecule has 0 radical (unpaired) electrons. The maximum atomic E-state index is 12.6. The van der Waals surface area contributed by atoms with Crippen LogP contribution < -0.4 is 10.6 Å². The van der Waals surface area contributed by atoms with E-state index in [0.29, 0.717) is 38.2 Å². The molecule has 2 heterocycles. The number of fused-ring (bicyclic) bond motifs is 1. The van der Waals surface area contributed by atoms with Crippen LogP contribution in [-0.4, -0.2) is 33.0 Å². The van der Waals surface area contributed by atoms with E-state index in [1.54, 1.807) is 34.5 Å². The number of anilines is 2. The molecule has 0 aliphatic heterocycles. The average molecular weight is 524 g/mol. The fourth-order valence-corrected chi connectivity index (χ4v) is 5.82. The third-order valence-corrected chi connectivity index (χ3v) is 7.40. The minimum Gasteiger partial charge on any atom is -0.465 e. The van der Waals surface area contributed by atoms with E-state index >= 15 is 0 Å². The summed E-state index contributed by atoms with van der Waals surface area (Å²) in [6.07, 6.45) is 8.00. The molecular weight excluding hydrogens is 501 g/mol. The molecule has 0 saturated carbocycles. The largest absolute Gasteiger partial charge is 0.465 e. The van der Waals surface area contributed by atoms with E-state index in [1.165, 1.54) is 24.8 Å². The molecule has 7 nitrogen and oxygen atoms in total. The number of carbonyl (C=O) groups excluding carboxylic acids is 1. The lowest BCUT2D eigenvalue weighted by atomic mass is 9.96. The first-order valence-electron chi connectivity index (χ1n) is 10.6. The Labute approximate surface area is 211 Å². The highest BCUT2D eigenvalue weighted by Gasteiger charge is 2.25. The van der Waals surface area contributed by atoms with Gasteiger partial charge in [-0.3, -0.25) is 5.32 Å². The highest BCUT2D eigenvalue weighted by molar-refractivity contribution is 7.80. The second kappa shape index (κ2) is 10.8. The molecule has 4 rings (SSSR count). The van der Waals surface area contributed by atoms with Gasteiger partial charge in [0, 0.05) is 14.9 Å². The van der Waals surface area contributed by atoms with Crippen LogP contribution in [0, 0.1) is 0 Å². The van der Waals surface area contributed by atoms with Crippen LogP contribution in [0.5, 0.6) is 0 Å². The third-order valence-electron chi connectivity index (χ3n) is 5.40. The Morgan fingerprint density at radius 1 is 1.21 bits per heavy atom. The van der Waals surface area contributed by atoms with Crippen LogP contribution in [0.15, 0.2) is 24.5 Å². The lowest BCUT2D eigenvalue weighted by Crippen LogP contribution is -2.21. The monoisotopic (exact) mass is 523 g/mol. The number of carbonyl (C=O) groups is 1. The van der Waals surface area contributed by atoms with Crippen molar-refractivity contribution < 1.29 is 9.53 Å². The number of benzene rings is 1. The topological polar surface area (TPSA) is 81.1 Å². The summed E-state index contributed by atoms with van der Waals surface area (Å²) >= 11 is 19.2. The average Bonchev–Trinajstić information content (AvgIpc) is 3.33. The van der Waals surface area contributed by atoms with Crippen molar-refractivity contribution in [1.82, 2.24) is 14.8 Å². The summed E-state index contributed by atoms with van der Waals surface area (Å²) in [6, 6.07) is 5.32. The molecule has 1 aromatic carbocycles. The number of nitrogens with one attached hydrogen (secondary N) is 2. The number of hydrogen-bond acceptors (Lipinski definition) is 6. The molecule has 0 spiro atoms. The minimum absolute atomic E-state index is 0.302. The number of thiocarbonyl (C=S) groups is 1. The van der Waals surface area contributed by atoms with Crippen molar-refractivity contribution in [3.8, 4) is 0 Å². The first-order chi connectivity index (χ1) is 15.9. The van der Waals surface area contributed by atoms with Gasteiger partial charge in [-0.15, -0.1) is 16.4 Å². The number of rotatable bonds is 5. The van der Waals surface area contributed by atoms with Gasteiger partial charge in [0.25, 0.3) is 0 Å². The van der Waals surface area contributed by atoms with Crippen LogP contribution in [-0.2, 0) is 24.1 Å². The minimum atomic E-state index is -0.347. The number of hydrogen-bond donors (Lipinski definition) is 2. The number of aromatic nitrogens is 3. The Hall–Kier alpha value is -2.20. The molecule has 2 N–H and O–H groups in total. The number of methoxy groups -OCH3 is 1. The number of aryl methyl sites for hydroxylation is 1. The van der Waals surface area contributed by atoms with Gasteiger partial charge in [-0.05, 0) is 61.2 Å². The van der Waals surface area contributed by atoms with Crippen LogP contribution in [0.25, 0.3) is 0 Å². The molecule has 2 aromatic heterocycles. The Morgan fingerprint density at radius 2 is 2.00 bits per heavy atom. The lowest BCUT2D eigenvalue weighted by molar-refractivity contribution is 0.0601. The summed E-state index contributed by atoms with van der Waals surface area (Å²) in [5, 5.41) is 12.7. The molecule has 1 aliphatic rings. The molecule has 3 aromatic rings. The lowest BCUT2D eigenvalue weighted by Gasteiger charge is -2.11. The van der Waals surface area contributed by atoms with Crippen LogP contribution in [0.4, 0.5) is 10.9 Å². The Bertz CT molecular complexity index is 1180. The summed E-state index contributed by atoms with van der Waals surface area (Å²) in [6.45, 7) is 0.439. The van der Waals surface area contributed by atoms with Crippen molar-refractivity contribution in [2.75, 3.05) is 17.7 Å². The number of halogens is 2. The van der Waals surface area contributed by atoms with Crippen molar-refractivity contribution in [3.05, 3.63) is 56.1 Å². The standard InChI is InChI=1S/C22H23Cl2N5O2S2/c1-31-20(30)18-15-6-4-2-3-5-7-17(15)33-19(18)26-22(32)27-21-25-12-29(28-21)11-13-8-9-14(23)10-16(13)24/h8-10,12H,2-7,11H2,1H3,(H2,26,27,28,32). The number of thiophene rings is 1. The maximum absolute atomic E-state index is 12.6. The van der Waals surface area contributed by atoms with Crippen molar-refractivity contribution >= 4 is 68.8 Å². The van der Waals surface area contributed by atoms with Crippen LogP contribution in [0.2, 0.25) is 10.0 Å². The molecule has 0 unspecified atom stereocenters. The second-order valence-corrected chi connectivity index (χ2v) is 10.1. The molecule has 0 saturated heterocycles. The molecule has 0 bridgehead atoms. The third kappa shape index (κ3) is 5.84. The smallest absolute Gasteiger partial charge is 0.341 e. The molecular formula is C22H23Cl2N5O2S2. The van der Waals surface area contributed by atoms with Gasteiger partial charge >= 0.3 is 5.97 Å². The van der Waals surface area contributed by atoms with E-state index in [9.17, 15) is 4.79 Å². The van der Waals surface area contributed by atoms with Crippen molar-refractivity contribution in [1.29, 1.82) is 0 Å². The van der Waals surface area contributed by atoms with E-state index < -0.39 is 0 Å². The molecule has 0 fully saturated rings. The van der Waals surface area contributed by atoms with Gasteiger partial charge < -0.3 is 10.1 Å². The zero-order valence-corrected chi connectivity index (χ0v) is 21.1. The van der Waals surface area contributed by atoms with Gasteiger partial charge in [0.15, 0.2) is 5.11 Å². The van der Waals surface area contributed by atoms with Crippen LogP contribution in [0.3, 0.4) is 0 Å². The highest BCUT2D eigenvalue weighted by Crippen LogP contribution is 2.37. The van der Waals surface area contributed by atoms with Gasteiger partial charge in [0.1, 0.15) is 11.3 Å². The number of ether oxygens (including phenoxy) is 1. The fourth-order valence-electron chi connectivity index (χ4n) is 3.81. The molecule has 174 valence electrons. The van der Waals surface area contributed by atoms with Crippen LogP contribution >= 0.6 is 46.8 Å². The van der Waals surface area contributed by atoms with Gasteiger partial charge in [-0.2, -0.15) is 0 Å². The van der Waals surface area contributed by atoms with Gasteiger partial charge in [0.05, 0.1) is 19.2 Å². The van der Waals surface area contributed by atoms with E-state index in [0.717, 1.165) is 36.8 Å². The SMILES string of the molecule is COC(=O)c1c(NC(=S)Nc2ncn(Cc3ccc(Cl)cc3Cl)n2)sc2c1CCCCCC2. The molecule has 0 amide bonds. The zero-order valence-electron chi connectivity index (χ0n) is 18.0. The maximum Gasteiger partial charge on any atom is 0.341 e. The molecule has 0 atom stereocenters. The number of nitrogens with zero attached hydrogens (tertiary/aromatic N) is 3. The molecule has 1 aliphatic carbocycles. The summed E-state index contributed by atoms with van der Waals surface area (Å²) in [5.74, 6) is -0.00672. The second-order valence-electron chi connectivity index (χ2n) is 7.69. The Morgan fingerprint density at radius 3 is 2.76 bits per heavy atom. The zero-order chi connectivity index (χ0) is 23.4. The number of esters is 1. The van der Waals surface area contributed by atoms with Gasteiger partial charge in [-0.1, -0.05) is 42.1 Å². The normalized spacial score (nSPS) is 13.5. The first kappa shape index (κ1) is 23.9. The summed E-state index contributed by atoms with van der Waals surface area (Å²) < 4.78 is 6.72. The van der Waals surface area contributed by atoms with Gasteiger partial charge in [-0.25, -0.2) is 14.5 Å². The summed E-state index contributed by atoms with van der Waals surface area (Å²) in [5.41, 5.74) is 2.54. The van der Waals surface area contributed by atoms with E-state index in [2.05, 4.69) is 20.7 Å². The first-order valence-corrected chi connectivity index (χ1v) is 12.6. The van der Waals surface area contributed by atoms with Gasteiger partial charge in [0.2, 0.25) is 5.95 Å². The van der Waals surface area contributed by atoms with E-state index in [4.69, 9.17) is 40.2 Å². The quantitative estimate of drug-likeness (QED) is 0.315. The van der Waals surface area contributed by atoms with E-state index in [1.807, 2.05) is 6.07 Å².